The number of aryl methyl sites for hydroxylation is 1. The zero-order valence-electron chi connectivity index (χ0n) is 17.3. The van der Waals surface area contributed by atoms with Gasteiger partial charge in [-0.3, -0.25) is 9.59 Å². The third-order valence-electron chi connectivity index (χ3n) is 5.47. The van der Waals surface area contributed by atoms with E-state index in [-0.39, 0.29) is 23.1 Å². The smallest absolute Gasteiger partial charge is 0.253 e. The van der Waals surface area contributed by atoms with Gasteiger partial charge in [0, 0.05) is 30.3 Å². The number of likely N-dealkylation sites (tertiary alicyclic amines) is 1. The summed E-state index contributed by atoms with van der Waals surface area (Å²) < 4.78 is 0. The number of nitrogens with one attached hydrogen (secondary N) is 1. The molecule has 0 aromatic heterocycles. The lowest BCUT2D eigenvalue weighted by atomic mass is 9.86. The van der Waals surface area contributed by atoms with Gasteiger partial charge in [-0.25, -0.2) is 0 Å². The van der Waals surface area contributed by atoms with E-state index in [1.807, 2.05) is 60.4 Å². The van der Waals surface area contributed by atoms with Crippen molar-refractivity contribution in [2.75, 3.05) is 18.4 Å². The molecule has 0 unspecified atom stereocenters. The van der Waals surface area contributed by atoms with E-state index in [1.54, 1.807) is 0 Å². The van der Waals surface area contributed by atoms with E-state index in [4.69, 9.17) is 0 Å². The number of hydrogen-bond donors (Lipinski definition) is 1. The van der Waals surface area contributed by atoms with Crippen LogP contribution in [0.1, 0.15) is 55.1 Å². The summed E-state index contributed by atoms with van der Waals surface area (Å²) >= 11 is 0. The number of anilines is 1. The summed E-state index contributed by atoms with van der Waals surface area (Å²) in [6.45, 7) is 9.75. The van der Waals surface area contributed by atoms with Crippen LogP contribution in [0.25, 0.3) is 0 Å². The van der Waals surface area contributed by atoms with Crippen LogP contribution in [0.4, 0.5) is 5.69 Å². The number of carbonyl (C=O) groups excluding carboxylic acids is 2. The zero-order valence-corrected chi connectivity index (χ0v) is 17.3. The fraction of sp³-hybridized carbons (Fsp3) is 0.417. The molecule has 1 heterocycles. The first-order valence-electron chi connectivity index (χ1n) is 10.0. The third-order valence-corrected chi connectivity index (χ3v) is 5.47. The Balaban J connectivity index is 1.55. The van der Waals surface area contributed by atoms with Crippen LogP contribution in [0.5, 0.6) is 0 Å². The summed E-state index contributed by atoms with van der Waals surface area (Å²) in [6.07, 6.45) is 1.40. The minimum atomic E-state index is -0.0476. The van der Waals surface area contributed by atoms with Gasteiger partial charge in [0.25, 0.3) is 5.91 Å². The molecule has 4 heteroatoms. The normalized spacial score (nSPS) is 15.4. The molecule has 1 saturated heterocycles. The Labute approximate surface area is 167 Å². The second-order valence-electron chi connectivity index (χ2n) is 8.75. The molecule has 0 radical (unpaired) electrons. The molecule has 0 atom stereocenters. The van der Waals surface area contributed by atoms with Gasteiger partial charge in [-0.15, -0.1) is 0 Å². The second kappa shape index (κ2) is 8.17. The summed E-state index contributed by atoms with van der Waals surface area (Å²) in [7, 11) is 0. The molecule has 1 aliphatic heterocycles. The number of hydrogen-bond acceptors (Lipinski definition) is 2. The highest BCUT2D eigenvalue weighted by molar-refractivity contribution is 5.95. The Morgan fingerprint density at radius 1 is 0.929 bits per heavy atom. The fourth-order valence-corrected chi connectivity index (χ4v) is 3.52. The predicted octanol–water partition coefficient (Wildman–Crippen LogP) is 4.78. The highest BCUT2D eigenvalue weighted by Crippen LogP contribution is 2.24. The first kappa shape index (κ1) is 20.1. The Morgan fingerprint density at radius 3 is 2.04 bits per heavy atom. The van der Waals surface area contributed by atoms with Crippen molar-refractivity contribution in [3.63, 3.8) is 0 Å². The molecule has 0 spiro atoms. The fourth-order valence-electron chi connectivity index (χ4n) is 3.52. The van der Waals surface area contributed by atoms with Gasteiger partial charge < -0.3 is 10.2 Å². The van der Waals surface area contributed by atoms with E-state index >= 15 is 0 Å². The molecule has 1 aliphatic rings. The molecule has 0 aliphatic carbocycles. The molecule has 148 valence electrons. The lowest BCUT2D eigenvalue weighted by Gasteiger charge is -2.31. The molecule has 28 heavy (non-hydrogen) atoms. The first-order chi connectivity index (χ1) is 13.2. The van der Waals surface area contributed by atoms with Crippen LogP contribution in [0.15, 0.2) is 48.5 Å². The van der Waals surface area contributed by atoms with Crippen molar-refractivity contribution in [3.8, 4) is 0 Å². The van der Waals surface area contributed by atoms with Gasteiger partial charge in [0.05, 0.1) is 0 Å². The molecule has 0 bridgehead atoms. The number of benzene rings is 2. The van der Waals surface area contributed by atoms with Crippen LogP contribution in [0.2, 0.25) is 0 Å². The average molecular weight is 379 g/mol. The molecule has 1 fully saturated rings. The summed E-state index contributed by atoms with van der Waals surface area (Å²) in [5.74, 6) is 0.0527. The number of piperidine rings is 1. The second-order valence-corrected chi connectivity index (χ2v) is 8.75. The lowest BCUT2D eigenvalue weighted by molar-refractivity contribution is -0.121. The topological polar surface area (TPSA) is 49.4 Å². The van der Waals surface area contributed by atoms with E-state index in [0.717, 1.165) is 11.3 Å². The van der Waals surface area contributed by atoms with Crippen molar-refractivity contribution in [2.24, 2.45) is 5.92 Å². The number of amides is 2. The average Bonchev–Trinajstić information content (AvgIpc) is 2.69. The summed E-state index contributed by atoms with van der Waals surface area (Å²) in [6, 6.07) is 15.7. The molecule has 4 nitrogen and oxygen atoms in total. The molecular weight excluding hydrogens is 348 g/mol. The Bertz CT molecular complexity index is 824. The van der Waals surface area contributed by atoms with E-state index in [9.17, 15) is 9.59 Å². The van der Waals surface area contributed by atoms with Gasteiger partial charge >= 0.3 is 0 Å². The maximum absolute atomic E-state index is 12.8. The Morgan fingerprint density at radius 2 is 1.50 bits per heavy atom. The van der Waals surface area contributed by atoms with Crippen molar-refractivity contribution in [3.05, 3.63) is 65.2 Å². The van der Waals surface area contributed by atoms with Crippen LogP contribution in [-0.4, -0.2) is 29.8 Å². The van der Waals surface area contributed by atoms with Crippen LogP contribution >= 0.6 is 0 Å². The maximum Gasteiger partial charge on any atom is 0.253 e. The van der Waals surface area contributed by atoms with Crippen molar-refractivity contribution in [1.29, 1.82) is 0 Å². The quantitative estimate of drug-likeness (QED) is 0.835. The lowest BCUT2D eigenvalue weighted by Crippen LogP contribution is -2.41. The zero-order chi connectivity index (χ0) is 20.3. The van der Waals surface area contributed by atoms with E-state index in [1.165, 1.54) is 11.1 Å². The Hall–Kier alpha value is -2.62. The monoisotopic (exact) mass is 378 g/mol. The van der Waals surface area contributed by atoms with Crippen molar-refractivity contribution in [2.45, 2.75) is 46.0 Å². The van der Waals surface area contributed by atoms with Gasteiger partial charge in [0.2, 0.25) is 5.91 Å². The van der Waals surface area contributed by atoms with Crippen molar-refractivity contribution < 1.29 is 9.59 Å². The Kier molecular flexibility index (Phi) is 5.87. The molecule has 2 aromatic carbocycles. The van der Waals surface area contributed by atoms with Gasteiger partial charge in [-0.1, -0.05) is 50.6 Å². The van der Waals surface area contributed by atoms with E-state index < -0.39 is 0 Å². The van der Waals surface area contributed by atoms with Crippen LogP contribution in [0, 0.1) is 12.8 Å². The molecule has 2 aromatic rings. The minimum Gasteiger partial charge on any atom is -0.339 e. The van der Waals surface area contributed by atoms with E-state index in [2.05, 4.69) is 26.1 Å². The minimum absolute atomic E-state index is 0.0467. The van der Waals surface area contributed by atoms with Crippen LogP contribution < -0.4 is 5.32 Å². The molecule has 3 rings (SSSR count). The molecule has 0 saturated carbocycles. The first-order valence-corrected chi connectivity index (χ1v) is 10.0. The third kappa shape index (κ3) is 4.80. The predicted molar refractivity (Wildman–Crippen MR) is 114 cm³/mol. The van der Waals surface area contributed by atoms with Gasteiger partial charge in [-0.2, -0.15) is 0 Å². The van der Waals surface area contributed by atoms with Gasteiger partial charge in [-0.05, 0) is 55.0 Å². The highest BCUT2D eigenvalue weighted by Gasteiger charge is 2.28. The molecular formula is C24H30N2O2. The van der Waals surface area contributed by atoms with Crippen LogP contribution in [0.3, 0.4) is 0 Å². The number of carbonyl (C=O) groups is 2. The van der Waals surface area contributed by atoms with Gasteiger partial charge in [0.15, 0.2) is 0 Å². The number of nitrogens with zero attached hydrogens (tertiary/aromatic N) is 1. The molecule has 2 amide bonds. The molecule has 1 N–H and O–H groups in total. The highest BCUT2D eigenvalue weighted by atomic mass is 16.2. The van der Waals surface area contributed by atoms with Gasteiger partial charge in [0.1, 0.15) is 0 Å². The summed E-state index contributed by atoms with van der Waals surface area (Å²) in [5, 5.41) is 2.99. The van der Waals surface area contributed by atoms with E-state index in [0.29, 0.717) is 25.9 Å². The summed E-state index contributed by atoms with van der Waals surface area (Å²) in [5.41, 5.74) is 4.00. The summed E-state index contributed by atoms with van der Waals surface area (Å²) in [4.78, 5) is 27.2. The van der Waals surface area contributed by atoms with Crippen molar-refractivity contribution >= 4 is 17.5 Å². The SMILES string of the molecule is Cc1ccc(NC(=O)C2CCN(C(=O)c3ccc(C(C)(C)C)cc3)CC2)cc1. The van der Waals surface area contributed by atoms with Crippen molar-refractivity contribution in [1.82, 2.24) is 4.90 Å². The standard InChI is InChI=1S/C24H30N2O2/c1-17-5-11-21(12-6-17)25-22(27)18-13-15-26(16-14-18)23(28)19-7-9-20(10-8-19)24(2,3)4/h5-12,18H,13-16H2,1-4H3,(H,25,27). The maximum atomic E-state index is 12.8. The number of rotatable bonds is 3. The largest absolute Gasteiger partial charge is 0.339 e. The van der Waals surface area contributed by atoms with Crippen LogP contribution in [-0.2, 0) is 10.2 Å².